The summed E-state index contributed by atoms with van der Waals surface area (Å²) < 4.78 is 0. The Morgan fingerprint density at radius 1 is 1.14 bits per heavy atom. The van der Waals surface area contributed by atoms with Gasteiger partial charge in [-0.1, -0.05) is 6.92 Å². The summed E-state index contributed by atoms with van der Waals surface area (Å²) in [6, 6.07) is 0. The van der Waals surface area contributed by atoms with Gasteiger partial charge in [0.2, 0.25) is 5.91 Å². The molecule has 21 heavy (non-hydrogen) atoms. The van der Waals surface area contributed by atoms with Gasteiger partial charge in [0.25, 0.3) is 0 Å². The zero-order valence-electron chi connectivity index (χ0n) is 13.4. The predicted molar refractivity (Wildman–Crippen MR) is 84.8 cm³/mol. The largest absolute Gasteiger partial charge is 0.368 e. The molecule has 3 N–H and O–H groups in total. The molecule has 120 valence electrons. The van der Waals surface area contributed by atoms with Crippen molar-refractivity contribution in [3.05, 3.63) is 0 Å². The highest BCUT2D eigenvalue weighted by Crippen LogP contribution is 2.41. The molecule has 0 aromatic carbocycles. The summed E-state index contributed by atoms with van der Waals surface area (Å²) in [5, 5.41) is 3.55. The second-order valence-corrected chi connectivity index (χ2v) is 7.62. The molecular formula is C17H31N3O. The van der Waals surface area contributed by atoms with Gasteiger partial charge in [-0.05, 0) is 69.2 Å². The van der Waals surface area contributed by atoms with Crippen LogP contribution in [0.5, 0.6) is 0 Å². The summed E-state index contributed by atoms with van der Waals surface area (Å²) in [6.07, 6.45) is 8.84. The minimum absolute atomic E-state index is 0.130. The van der Waals surface area contributed by atoms with E-state index in [0.29, 0.717) is 5.92 Å². The second-order valence-electron chi connectivity index (χ2n) is 7.62. The Morgan fingerprint density at radius 3 is 2.10 bits per heavy atom. The lowest BCUT2D eigenvalue weighted by atomic mass is 9.90. The normalized spacial score (nSPS) is 25.0. The van der Waals surface area contributed by atoms with Crippen LogP contribution in [-0.2, 0) is 4.79 Å². The summed E-state index contributed by atoms with van der Waals surface area (Å²) in [7, 11) is 0. The third kappa shape index (κ3) is 3.98. The van der Waals surface area contributed by atoms with Crippen LogP contribution in [0.2, 0.25) is 0 Å². The van der Waals surface area contributed by atoms with E-state index in [1.54, 1.807) is 0 Å². The number of amides is 1. The molecule has 0 spiro atoms. The number of nitrogens with one attached hydrogen (secondary N) is 1. The minimum Gasteiger partial charge on any atom is -0.368 e. The molecule has 4 heteroatoms. The van der Waals surface area contributed by atoms with Crippen molar-refractivity contribution >= 4 is 5.91 Å². The Hall–Kier alpha value is -0.610. The van der Waals surface area contributed by atoms with Crippen molar-refractivity contribution in [3.8, 4) is 0 Å². The highest BCUT2D eigenvalue weighted by molar-refractivity contribution is 5.86. The lowest BCUT2D eigenvalue weighted by Gasteiger charge is -2.37. The van der Waals surface area contributed by atoms with Crippen molar-refractivity contribution in [1.29, 1.82) is 0 Å². The average molecular weight is 293 g/mol. The van der Waals surface area contributed by atoms with E-state index < -0.39 is 5.54 Å². The molecule has 1 amide bonds. The quantitative estimate of drug-likeness (QED) is 0.610. The molecular weight excluding hydrogens is 262 g/mol. The molecule has 0 aromatic heterocycles. The van der Waals surface area contributed by atoms with E-state index >= 15 is 0 Å². The summed E-state index contributed by atoms with van der Waals surface area (Å²) in [5.74, 6) is 2.08. The van der Waals surface area contributed by atoms with Crippen LogP contribution in [0.4, 0.5) is 0 Å². The molecule has 0 bridgehead atoms. The zero-order chi connectivity index (χ0) is 14.9. The fourth-order valence-corrected chi connectivity index (χ4v) is 3.51. The fraction of sp³-hybridized carbons (Fsp3) is 0.941. The molecule has 3 aliphatic rings. The first-order valence-electron chi connectivity index (χ1n) is 8.91. The van der Waals surface area contributed by atoms with Crippen molar-refractivity contribution < 1.29 is 4.79 Å². The lowest BCUT2D eigenvalue weighted by Crippen LogP contribution is -2.63. The molecule has 0 aliphatic heterocycles. The van der Waals surface area contributed by atoms with Gasteiger partial charge in [0.1, 0.15) is 5.54 Å². The van der Waals surface area contributed by atoms with Crippen molar-refractivity contribution in [2.75, 3.05) is 26.2 Å². The highest BCUT2D eigenvalue weighted by atomic mass is 16.1. The number of rotatable bonds is 11. The van der Waals surface area contributed by atoms with E-state index in [1.807, 2.05) is 0 Å². The van der Waals surface area contributed by atoms with E-state index in [2.05, 4.69) is 17.1 Å². The molecule has 3 aliphatic carbocycles. The maximum absolute atomic E-state index is 12.3. The van der Waals surface area contributed by atoms with Crippen LogP contribution in [0, 0.1) is 17.8 Å². The van der Waals surface area contributed by atoms with Gasteiger partial charge in [-0.15, -0.1) is 0 Å². The molecule has 3 fully saturated rings. The fourth-order valence-electron chi connectivity index (χ4n) is 3.51. The number of carbonyl (C=O) groups is 1. The number of nitrogens with two attached hydrogens (primary N) is 1. The van der Waals surface area contributed by atoms with Crippen LogP contribution in [0.3, 0.4) is 0 Å². The van der Waals surface area contributed by atoms with Crippen LogP contribution in [-0.4, -0.2) is 42.5 Å². The first kappa shape index (κ1) is 15.3. The van der Waals surface area contributed by atoms with E-state index in [-0.39, 0.29) is 5.91 Å². The monoisotopic (exact) mass is 293 g/mol. The molecule has 0 radical (unpaired) electrons. The smallest absolute Gasteiger partial charge is 0.239 e. The van der Waals surface area contributed by atoms with Crippen LogP contribution < -0.4 is 11.1 Å². The van der Waals surface area contributed by atoms with Gasteiger partial charge in [-0.25, -0.2) is 0 Å². The van der Waals surface area contributed by atoms with Gasteiger partial charge in [0.05, 0.1) is 0 Å². The molecule has 3 rings (SSSR count). The molecule has 0 aromatic rings. The topological polar surface area (TPSA) is 58.4 Å². The van der Waals surface area contributed by atoms with Gasteiger partial charge >= 0.3 is 0 Å². The van der Waals surface area contributed by atoms with Crippen LogP contribution in [0.15, 0.2) is 0 Å². The summed E-state index contributed by atoms with van der Waals surface area (Å²) >= 11 is 0. The number of nitrogens with zero attached hydrogens (tertiary/aromatic N) is 1. The first-order chi connectivity index (χ1) is 10.1. The van der Waals surface area contributed by atoms with Gasteiger partial charge in [-0.2, -0.15) is 0 Å². The van der Waals surface area contributed by atoms with Crippen LogP contribution in [0.25, 0.3) is 0 Å². The van der Waals surface area contributed by atoms with Gasteiger partial charge in [0.15, 0.2) is 0 Å². The average Bonchev–Trinajstić information content (AvgIpc) is 3.24. The van der Waals surface area contributed by atoms with E-state index in [0.717, 1.165) is 44.2 Å². The Labute approximate surface area is 128 Å². The lowest BCUT2D eigenvalue weighted by molar-refractivity contribution is -0.126. The Balaban J connectivity index is 1.68. The van der Waals surface area contributed by atoms with Crippen molar-refractivity contribution in [3.63, 3.8) is 0 Å². The Bertz CT molecular complexity index is 360. The van der Waals surface area contributed by atoms with Crippen LogP contribution >= 0.6 is 0 Å². The second kappa shape index (κ2) is 6.25. The maximum Gasteiger partial charge on any atom is 0.239 e. The van der Waals surface area contributed by atoms with Crippen molar-refractivity contribution in [2.24, 2.45) is 23.5 Å². The number of primary amides is 1. The Kier molecular flexibility index (Phi) is 4.55. The zero-order valence-corrected chi connectivity index (χ0v) is 13.4. The van der Waals surface area contributed by atoms with Gasteiger partial charge in [-0.3, -0.25) is 4.79 Å². The van der Waals surface area contributed by atoms with Crippen molar-refractivity contribution in [2.45, 2.75) is 57.4 Å². The van der Waals surface area contributed by atoms with Gasteiger partial charge < -0.3 is 16.0 Å². The third-order valence-electron chi connectivity index (χ3n) is 5.30. The van der Waals surface area contributed by atoms with Crippen LogP contribution in [0.1, 0.15) is 51.9 Å². The SMILES string of the molecule is CCCNC(CN(CC1CC1)CC1CC1)(C(N)=O)C1CC1. The molecule has 0 saturated heterocycles. The molecule has 1 unspecified atom stereocenters. The van der Waals surface area contributed by atoms with Gasteiger partial charge in [0, 0.05) is 19.6 Å². The van der Waals surface area contributed by atoms with E-state index in [4.69, 9.17) is 5.73 Å². The molecule has 0 heterocycles. The van der Waals surface area contributed by atoms with E-state index in [9.17, 15) is 4.79 Å². The number of hydrogen-bond acceptors (Lipinski definition) is 3. The molecule has 3 saturated carbocycles. The Morgan fingerprint density at radius 2 is 1.71 bits per heavy atom. The summed E-state index contributed by atoms with van der Waals surface area (Å²) in [6.45, 7) is 6.22. The maximum atomic E-state index is 12.3. The third-order valence-corrected chi connectivity index (χ3v) is 5.30. The van der Waals surface area contributed by atoms with E-state index in [1.165, 1.54) is 38.8 Å². The molecule has 1 atom stereocenters. The first-order valence-corrected chi connectivity index (χ1v) is 8.91. The molecule has 4 nitrogen and oxygen atoms in total. The highest BCUT2D eigenvalue weighted by Gasteiger charge is 2.50. The summed E-state index contributed by atoms with van der Waals surface area (Å²) in [4.78, 5) is 14.8. The predicted octanol–water partition coefficient (Wildman–Crippen LogP) is 1.74. The number of hydrogen-bond donors (Lipinski definition) is 2. The standard InChI is InChI=1S/C17H31N3O/c1-2-9-19-17(16(18)21,15-7-8-15)12-20(10-13-3-4-13)11-14-5-6-14/h13-15,19H,2-12H2,1H3,(H2,18,21). The summed E-state index contributed by atoms with van der Waals surface area (Å²) in [5.41, 5.74) is 5.39. The minimum atomic E-state index is -0.472. The van der Waals surface area contributed by atoms with Crippen molar-refractivity contribution in [1.82, 2.24) is 10.2 Å². The number of carbonyl (C=O) groups excluding carboxylic acids is 1.